The molecule has 116 valence electrons. The second kappa shape index (κ2) is 6.88. The van der Waals surface area contributed by atoms with Crippen LogP contribution in [0.15, 0.2) is 22.7 Å². The molecule has 1 amide bonds. The third kappa shape index (κ3) is 4.27. The second-order valence-electron chi connectivity index (χ2n) is 5.88. The number of halogens is 2. The molecule has 0 unspecified atom stereocenters. The van der Waals surface area contributed by atoms with Gasteiger partial charge in [-0.3, -0.25) is 4.79 Å². The Morgan fingerprint density at radius 2 is 2.14 bits per heavy atom. The van der Waals surface area contributed by atoms with Crippen LogP contribution in [0.5, 0.6) is 0 Å². The number of carbonyl (C=O) groups is 1. The van der Waals surface area contributed by atoms with Crippen molar-refractivity contribution in [1.29, 1.82) is 0 Å². The summed E-state index contributed by atoms with van der Waals surface area (Å²) in [5, 5.41) is 13.2. The molecule has 1 aromatic carbocycles. The van der Waals surface area contributed by atoms with E-state index in [-0.39, 0.29) is 18.0 Å². The smallest absolute Gasteiger partial charge is 0.252 e. The maximum atomic E-state index is 13.2. The second-order valence-corrected chi connectivity index (χ2v) is 6.74. The van der Waals surface area contributed by atoms with E-state index in [2.05, 4.69) is 28.2 Å². The van der Waals surface area contributed by atoms with Crippen molar-refractivity contribution in [2.45, 2.75) is 44.6 Å². The number of rotatable bonds is 4. The normalized spacial score (nSPS) is 25.6. The molecule has 2 rings (SSSR count). The van der Waals surface area contributed by atoms with Crippen LogP contribution in [0, 0.1) is 11.7 Å². The highest BCUT2D eigenvalue weighted by Gasteiger charge is 2.33. The van der Waals surface area contributed by atoms with Gasteiger partial charge in [0.2, 0.25) is 0 Å². The highest BCUT2D eigenvalue weighted by Crippen LogP contribution is 2.33. The van der Waals surface area contributed by atoms with Crippen LogP contribution in [0.3, 0.4) is 0 Å². The highest BCUT2D eigenvalue weighted by atomic mass is 79.9. The Balaban J connectivity index is 1.93. The zero-order valence-corrected chi connectivity index (χ0v) is 13.7. The fourth-order valence-electron chi connectivity index (χ4n) is 2.81. The third-order valence-electron chi connectivity index (χ3n) is 4.36. The molecule has 1 saturated carbocycles. The molecule has 0 heterocycles. The van der Waals surface area contributed by atoms with E-state index in [9.17, 15) is 14.3 Å². The molecule has 3 nitrogen and oxygen atoms in total. The summed E-state index contributed by atoms with van der Waals surface area (Å²) in [6.07, 6.45) is 4.53. The average molecular weight is 358 g/mol. The molecule has 5 heteroatoms. The minimum Gasteiger partial charge on any atom is -0.388 e. The Morgan fingerprint density at radius 3 is 2.76 bits per heavy atom. The molecule has 0 aromatic heterocycles. The summed E-state index contributed by atoms with van der Waals surface area (Å²) in [5.41, 5.74) is -0.581. The molecular weight excluding hydrogens is 337 g/mol. The zero-order chi connectivity index (χ0) is 15.5. The summed E-state index contributed by atoms with van der Waals surface area (Å²) < 4.78 is 13.8. The van der Waals surface area contributed by atoms with Crippen LogP contribution in [-0.2, 0) is 0 Å². The first-order valence-electron chi connectivity index (χ1n) is 7.39. The van der Waals surface area contributed by atoms with E-state index in [1.165, 1.54) is 18.2 Å². The molecule has 0 aliphatic heterocycles. The number of benzene rings is 1. The molecule has 1 aliphatic carbocycles. The monoisotopic (exact) mass is 357 g/mol. The quantitative estimate of drug-likeness (QED) is 0.863. The van der Waals surface area contributed by atoms with Crippen LogP contribution >= 0.6 is 15.9 Å². The number of carbonyl (C=O) groups excluding carboxylic acids is 1. The van der Waals surface area contributed by atoms with Crippen molar-refractivity contribution in [3.63, 3.8) is 0 Å². The van der Waals surface area contributed by atoms with E-state index in [4.69, 9.17) is 0 Å². The standard InChI is InChI=1S/C16H21BrFNO2/c1-2-11-5-7-16(21,8-6-11)10-19-15(20)13-9-12(18)3-4-14(13)17/h3-4,9,11,21H,2,5-8,10H2,1H3,(H,19,20). The van der Waals surface area contributed by atoms with Gasteiger partial charge in [-0.1, -0.05) is 13.3 Å². The van der Waals surface area contributed by atoms with Crippen molar-refractivity contribution in [3.05, 3.63) is 34.1 Å². The number of amides is 1. The molecule has 0 saturated heterocycles. The lowest BCUT2D eigenvalue weighted by atomic mass is 9.78. The van der Waals surface area contributed by atoms with Crippen LogP contribution in [-0.4, -0.2) is 23.2 Å². The number of hydrogen-bond donors (Lipinski definition) is 2. The summed E-state index contributed by atoms with van der Waals surface area (Å²) in [7, 11) is 0. The molecule has 0 radical (unpaired) electrons. The molecule has 21 heavy (non-hydrogen) atoms. The Labute approximate surface area is 133 Å². The van der Waals surface area contributed by atoms with Gasteiger partial charge in [0, 0.05) is 11.0 Å². The van der Waals surface area contributed by atoms with E-state index in [0.29, 0.717) is 23.2 Å². The van der Waals surface area contributed by atoms with Crippen molar-refractivity contribution in [1.82, 2.24) is 5.32 Å². The van der Waals surface area contributed by atoms with E-state index in [1.54, 1.807) is 0 Å². The topological polar surface area (TPSA) is 49.3 Å². The lowest BCUT2D eigenvalue weighted by Gasteiger charge is -2.35. The van der Waals surface area contributed by atoms with Gasteiger partial charge in [0.25, 0.3) is 5.91 Å². The Morgan fingerprint density at radius 1 is 1.48 bits per heavy atom. The van der Waals surface area contributed by atoms with Gasteiger partial charge in [0.05, 0.1) is 11.2 Å². The lowest BCUT2D eigenvalue weighted by Crippen LogP contribution is -2.45. The maximum absolute atomic E-state index is 13.2. The van der Waals surface area contributed by atoms with Gasteiger partial charge in [-0.05, 0) is 65.7 Å². The Kier molecular flexibility index (Phi) is 5.38. The summed E-state index contributed by atoms with van der Waals surface area (Å²) in [5.74, 6) is -0.142. The van der Waals surface area contributed by atoms with Gasteiger partial charge in [0.1, 0.15) is 5.82 Å². The van der Waals surface area contributed by atoms with E-state index < -0.39 is 11.4 Å². The van der Waals surface area contributed by atoms with Gasteiger partial charge in [-0.25, -0.2) is 4.39 Å². The molecule has 1 aliphatic rings. The summed E-state index contributed by atoms with van der Waals surface area (Å²) >= 11 is 3.24. The fourth-order valence-corrected chi connectivity index (χ4v) is 3.24. The van der Waals surface area contributed by atoms with Crippen molar-refractivity contribution < 1.29 is 14.3 Å². The van der Waals surface area contributed by atoms with Crippen LogP contribution in [0.4, 0.5) is 4.39 Å². The van der Waals surface area contributed by atoms with Crippen molar-refractivity contribution in [3.8, 4) is 0 Å². The van der Waals surface area contributed by atoms with E-state index in [1.807, 2.05) is 0 Å². The van der Waals surface area contributed by atoms with Gasteiger partial charge in [0.15, 0.2) is 0 Å². The number of aliphatic hydroxyl groups is 1. The Hall–Kier alpha value is -0.940. The van der Waals surface area contributed by atoms with Crippen molar-refractivity contribution >= 4 is 21.8 Å². The summed E-state index contributed by atoms with van der Waals surface area (Å²) in [4.78, 5) is 12.1. The predicted molar refractivity (Wildman–Crippen MR) is 83.6 cm³/mol. The average Bonchev–Trinajstić information content (AvgIpc) is 2.48. The number of hydrogen-bond acceptors (Lipinski definition) is 2. The van der Waals surface area contributed by atoms with Crippen LogP contribution in [0.1, 0.15) is 49.4 Å². The fraction of sp³-hybridized carbons (Fsp3) is 0.562. The van der Waals surface area contributed by atoms with Crippen LogP contribution < -0.4 is 5.32 Å². The van der Waals surface area contributed by atoms with Gasteiger partial charge in [-0.2, -0.15) is 0 Å². The predicted octanol–water partition coefficient (Wildman–Crippen LogP) is 3.65. The lowest BCUT2D eigenvalue weighted by molar-refractivity contribution is -0.00787. The minimum atomic E-state index is -0.832. The van der Waals surface area contributed by atoms with E-state index in [0.717, 1.165) is 19.3 Å². The molecule has 2 N–H and O–H groups in total. The van der Waals surface area contributed by atoms with Crippen molar-refractivity contribution in [2.24, 2.45) is 5.92 Å². The zero-order valence-electron chi connectivity index (χ0n) is 12.2. The highest BCUT2D eigenvalue weighted by molar-refractivity contribution is 9.10. The summed E-state index contributed by atoms with van der Waals surface area (Å²) in [6, 6.07) is 3.99. The van der Waals surface area contributed by atoms with Crippen molar-refractivity contribution in [2.75, 3.05) is 6.54 Å². The summed E-state index contributed by atoms with van der Waals surface area (Å²) in [6.45, 7) is 2.38. The maximum Gasteiger partial charge on any atom is 0.252 e. The number of nitrogens with one attached hydrogen (secondary N) is 1. The molecule has 1 aromatic rings. The van der Waals surface area contributed by atoms with Gasteiger partial charge >= 0.3 is 0 Å². The van der Waals surface area contributed by atoms with Crippen LogP contribution in [0.25, 0.3) is 0 Å². The Bertz CT molecular complexity index is 513. The van der Waals surface area contributed by atoms with Crippen LogP contribution in [0.2, 0.25) is 0 Å². The largest absolute Gasteiger partial charge is 0.388 e. The SMILES string of the molecule is CCC1CCC(O)(CNC(=O)c2cc(F)ccc2Br)CC1. The van der Waals surface area contributed by atoms with Gasteiger partial charge < -0.3 is 10.4 Å². The van der Waals surface area contributed by atoms with Gasteiger partial charge in [-0.15, -0.1) is 0 Å². The third-order valence-corrected chi connectivity index (χ3v) is 5.06. The molecule has 0 bridgehead atoms. The van der Waals surface area contributed by atoms with E-state index >= 15 is 0 Å². The molecule has 0 spiro atoms. The first-order chi connectivity index (χ1) is 9.93. The molecule has 1 fully saturated rings. The first kappa shape index (κ1) is 16.4. The molecular formula is C16H21BrFNO2. The molecule has 0 atom stereocenters. The first-order valence-corrected chi connectivity index (χ1v) is 8.18. The minimum absolute atomic E-state index is 0.214.